The summed E-state index contributed by atoms with van der Waals surface area (Å²) in [6, 6.07) is 13.8. The third kappa shape index (κ3) is 3.48. The van der Waals surface area contributed by atoms with Crippen LogP contribution < -0.4 is 0 Å². The van der Waals surface area contributed by atoms with E-state index in [0.717, 1.165) is 12.8 Å². The Labute approximate surface area is 161 Å². The normalized spacial score (nSPS) is 30.6. The maximum absolute atomic E-state index is 13.2. The molecule has 1 aliphatic carbocycles. The van der Waals surface area contributed by atoms with E-state index in [1.54, 1.807) is 18.4 Å². The maximum atomic E-state index is 13.2. The van der Waals surface area contributed by atoms with Gasteiger partial charge in [-0.1, -0.05) is 43.7 Å². The van der Waals surface area contributed by atoms with Gasteiger partial charge in [0.25, 0.3) is 0 Å². The molecule has 1 aromatic heterocycles. The van der Waals surface area contributed by atoms with Crippen LogP contribution in [0.25, 0.3) is 0 Å². The Morgan fingerprint density at radius 1 is 1.15 bits per heavy atom. The van der Waals surface area contributed by atoms with Crippen molar-refractivity contribution in [3.63, 3.8) is 0 Å². The van der Waals surface area contributed by atoms with Crippen molar-refractivity contribution in [3.05, 3.63) is 60.1 Å². The fraction of sp³-hybridized carbons (Fsp3) is 0.522. The molecule has 0 radical (unpaired) electrons. The first-order valence-corrected chi connectivity index (χ1v) is 10.0. The molecule has 0 bridgehead atoms. The number of Topliss-reactive ketones (excluding diaryl/α,β-unsaturated/α-hetero) is 1. The molecule has 4 rings (SSSR count). The molecule has 0 unspecified atom stereocenters. The molecule has 0 N–H and O–H groups in total. The number of hydrogen-bond acceptors (Lipinski definition) is 4. The molecule has 2 fully saturated rings. The molecule has 0 spiro atoms. The molecular weight excluding hydrogens is 338 g/mol. The third-order valence-corrected chi connectivity index (χ3v) is 6.47. The summed E-state index contributed by atoms with van der Waals surface area (Å²) >= 11 is 0. The second-order valence-corrected chi connectivity index (χ2v) is 8.66. The lowest BCUT2D eigenvalue weighted by molar-refractivity contribution is -0.217. The van der Waals surface area contributed by atoms with Gasteiger partial charge in [0, 0.05) is 18.0 Å². The SMILES string of the molecule is C[C@@H]1CC[C@@H]2[C@@H](C1)O[C@@H](C(=O)c1ccco1)N(Cc1ccccc1)C2(C)C. The lowest BCUT2D eigenvalue weighted by Gasteiger charge is -2.56. The minimum absolute atomic E-state index is 0.0827. The number of carbonyl (C=O) groups excluding carboxylic acids is 1. The first-order chi connectivity index (χ1) is 13.0. The van der Waals surface area contributed by atoms with Crippen molar-refractivity contribution in [3.8, 4) is 0 Å². The predicted molar refractivity (Wildman–Crippen MR) is 104 cm³/mol. The van der Waals surface area contributed by atoms with Crippen molar-refractivity contribution in [1.82, 2.24) is 4.90 Å². The van der Waals surface area contributed by atoms with Gasteiger partial charge < -0.3 is 9.15 Å². The average Bonchev–Trinajstić information content (AvgIpc) is 3.18. The van der Waals surface area contributed by atoms with E-state index in [2.05, 4.69) is 37.8 Å². The summed E-state index contributed by atoms with van der Waals surface area (Å²) in [5, 5.41) is 0. The van der Waals surface area contributed by atoms with Crippen LogP contribution in [0.1, 0.15) is 56.2 Å². The summed E-state index contributed by atoms with van der Waals surface area (Å²) in [6.45, 7) is 7.51. The van der Waals surface area contributed by atoms with Crippen molar-refractivity contribution < 1.29 is 13.9 Å². The van der Waals surface area contributed by atoms with E-state index in [9.17, 15) is 4.79 Å². The molecule has 1 saturated carbocycles. The van der Waals surface area contributed by atoms with Gasteiger partial charge in [-0.05, 0) is 50.3 Å². The number of rotatable bonds is 4. The first-order valence-electron chi connectivity index (χ1n) is 10.0. The van der Waals surface area contributed by atoms with Crippen LogP contribution in [0.4, 0.5) is 0 Å². The molecule has 27 heavy (non-hydrogen) atoms. The molecule has 0 amide bonds. The van der Waals surface area contributed by atoms with Crippen LogP contribution in [0.15, 0.2) is 53.1 Å². The average molecular weight is 367 g/mol. The Hall–Kier alpha value is -1.91. The lowest BCUT2D eigenvalue weighted by atomic mass is 9.69. The first kappa shape index (κ1) is 18.5. The van der Waals surface area contributed by atoms with E-state index in [1.807, 2.05) is 18.2 Å². The number of nitrogens with zero attached hydrogens (tertiary/aromatic N) is 1. The van der Waals surface area contributed by atoms with E-state index in [1.165, 1.54) is 12.0 Å². The van der Waals surface area contributed by atoms with Crippen LogP contribution in [0.5, 0.6) is 0 Å². The number of hydrogen-bond donors (Lipinski definition) is 0. The number of ketones is 1. The minimum atomic E-state index is -0.613. The van der Waals surface area contributed by atoms with Crippen LogP contribution in [-0.2, 0) is 11.3 Å². The number of ether oxygens (including phenoxy) is 1. The summed E-state index contributed by atoms with van der Waals surface area (Å²) in [5.41, 5.74) is 1.06. The van der Waals surface area contributed by atoms with Crippen LogP contribution >= 0.6 is 0 Å². The lowest BCUT2D eigenvalue weighted by Crippen LogP contribution is -2.66. The number of carbonyl (C=O) groups is 1. The van der Waals surface area contributed by atoms with Crippen LogP contribution in [0.2, 0.25) is 0 Å². The highest BCUT2D eigenvalue weighted by atomic mass is 16.5. The Balaban J connectivity index is 1.69. The fourth-order valence-corrected chi connectivity index (χ4v) is 4.85. The molecule has 4 heteroatoms. The Bertz CT molecular complexity index is 768. The van der Waals surface area contributed by atoms with E-state index in [-0.39, 0.29) is 17.4 Å². The Morgan fingerprint density at radius 2 is 1.93 bits per heavy atom. The zero-order valence-corrected chi connectivity index (χ0v) is 16.4. The number of fused-ring (bicyclic) bond motifs is 1. The zero-order chi connectivity index (χ0) is 19.0. The maximum Gasteiger partial charge on any atom is 0.241 e. The fourth-order valence-electron chi connectivity index (χ4n) is 4.85. The standard InChI is InChI=1S/C23H29NO3/c1-16-11-12-18-20(14-16)27-22(21(25)19-10-7-13-26-19)24(23(18,2)3)15-17-8-5-4-6-9-17/h4-10,13,16,18,20,22H,11-12,14-15H2,1-3H3/t16-,18-,20-,22+/m1/s1. The molecule has 1 saturated heterocycles. The van der Waals surface area contributed by atoms with E-state index >= 15 is 0 Å². The highest BCUT2D eigenvalue weighted by Gasteiger charge is 2.52. The quantitative estimate of drug-likeness (QED) is 0.721. The van der Waals surface area contributed by atoms with E-state index in [4.69, 9.17) is 9.15 Å². The molecule has 2 aliphatic rings. The van der Waals surface area contributed by atoms with Crippen molar-refractivity contribution >= 4 is 5.78 Å². The van der Waals surface area contributed by atoms with Crippen molar-refractivity contribution in [2.75, 3.05) is 0 Å². The van der Waals surface area contributed by atoms with Crippen molar-refractivity contribution in [2.24, 2.45) is 11.8 Å². The molecule has 2 aromatic rings. The Morgan fingerprint density at radius 3 is 2.63 bits per heavy atom. The molecular formula is C23H29NO3. The minimum Gasteiger partial charge on any atom is -0.461 e. The summed E-state index contributed by atoms with van der Waals surface area (Å²) in [5.74, 6) is 1.36. The second kappa shape index (κ2) is 7.25. The zero-order valence-electron chi connectivity index (χ0n) is 16.4. The molecule has 4 atom stereocenters. The van der Waals surface area contributed by atoms with Gasteiger partial charge in [-0.25, -0.2) is 0 Å². The topological polar surface area (TPSA) is 42.7 Å². The highest BCUT2D eigenvalue weighted by Crippen LogP contribution is 2.46. The van der Waals surface area contributed by atoms with E-state index < -0.39 is 6.23 Å². The van der Waals surface area contributed by atoms with Crippen molar-refractivity contribution in [1.29, 1.82) is 0 Å². The van der Waals surface area contributed by atoms with Gasteiger partial charge in [0.1, 0.15) is 0 Å². The summed E-state index contributed by atoms with van der Waals surface area (Å²) in [4.78, 5) is 15.5. The van der Waals surface area contributed by atoms with Gasteiger partial charge in [-0.2, -0.15) is 0 Å². The smallest absolute Gasteiger partial charge is 0.241 e. The third-order valence-electron chi connectivity index (χ3n) is 6.47. The second-order valence-electron chi connectivity index (χ2n) is 8.66. The van der Waals surface area contributed by atoms with Gasteiger partial charge in [-0.15, -0.1) is 0 Å². The van der Waals surface area contributed by atoms with Crippen LogP contribution in [-0.4, -0.2) is 28.6 Å². The highest BCUT2D eigenvalue weighted by molar-refractivity contribution is 5.96. The van der Waals surface area contributed by atoms with Gasteiger partial charge in [0.05, 0.1) is 12.4 Å². The summed E-state index contributed by atoms with van der Waals surface area (Å²) in [6.07, 6.45) is 4.46. The van der Waals surface area contributed by atoms with Gasteiger partial charge in [0.15, 0.2) is 12.0 Å². The molecule has 4 nitrogen and oxygen atoms in total. The van der Waals surface area contributed by atoms with Gasteiger partial charge >= 0.3 is 0 Å². The molecule has 1 aromatic carbocycles. The molecule has 144 valence electrons. The van der Waals surface area contributed by atoms with Gasteiger partial charge in [-0.3, -0.25) is 9.69 Å². The Kier molecular flexibility index (Phi) is 4.95. The number of furan rings is 1. The number of benzene rings is 1. The summed E-state index contributed by atoms with van der Waals surface area (Å²) in [7, 11) is 0. The summed E-state index contributed by atoms with van der Waals surface area (Å²) < 4.78 is 11.9. The largest absolute Gasteiger partial charge is 0.461 e. The van der Waals surface area contributed by atoms with Crippen LogP contribution in [0.3, 0.4) is 0 Å². The van der Waals surface area contributed by atoms with Crippen molar-refractivity contribution in [2.45, 2.75) is 64.4 Å². The molecule has 2 heterocycles. The van der Waals surface area contributed by atoms with Crippen LogP contribution in [0, 0.1) is 11.8 Å². The molecule has 1 aliphatic heterocycles. The van der Waals surface area contributed by atoms with Gasteiger partial charge in [0.2, 0.25) is 5.78 Å². The predicted octanol–water partition coefficient (Wildman–Crippen LogP) is 4.90. The van der Waals surface area contributed by atoms with E-state index in [0.29, 0.717) is 24.1 Å². The monoisotopic (exact) mass is 367 g/mol.